The fourth-order valence-electron chi connectivity index (χ4n) is 5.00. The first kappa shape index (κ1) is 24.0. The van der Waals surface area contributed by atoms with Crippen LogP contribution in [-0.4, -0.2) is 53.5 Å². The lowest BCUT2D eigenvalue weighted by atomic mass is 9.76. The van der Waals surface area contributed by atoms with E-state index in [9.17, 15) is 14.7 Å². The highest BCUT2D eigenvalue weighted by Crippen LogP contribution is 2.39. The molecule has 1 aliphatic carbocycles. The van der Waals surface area contributed by atoms with Gasteiger partial charge < -0.3 is 21.5 Å². The molecule has 4 rings (SSSR count). The van der Waals surface area contributed by atoms with Gasteiger partial charge in [-0.1, -0.05) is 36.4 Å². The average molecular weight is 463 g/mol. The highest BCUT2D eigenvalue weighted by atomic mass is 16.3. The number of nitrogens with two attached hydrogens (primary N) is 1. The first-order valence-corrected chi connectivity index (χ1v) is 11.9. The van der Waals surface area contributed by atoms with Crippen molar-refractivity contribution in [3.8, 4) is 0 Å². The summed E-state index contributed by atoms with van der Waals surface area (Å²) in [5.74, 6) is -0.555. The van der Waals surface area contributed by atoms with Crippen molar-refractivity contribution in [3.63, 3.8) is 0 Å². The Labute approximate surface area is 201 Å². The minimum Gasteiger partial charge on any atom is -0.385 e. The molecule has 2 aromatic rings. The van der Waals surface area contributed by atoms with Crippen LogP contribution in [-0.2, 0) is 5.60 Å². The zero-order valence-electron chi connectivity index (χ0n) is 19.7. The van der Waals surface area contributed by atoms with E-state index in [0.29, 0.717) is 42.6 Å². The van der Waals surface area contributed by atoms with E-state index in [1.807, 2.05) is 43.3 Å². The van der Waals surface area contributed by atoms with E-state index in [2.05, 4.69) is 22.1 Å². The summed E-state index contributed by atoms with van der Waals surface area (Å²) < 4.78 is 0. The predicted molar refractivity (Wildman–Crippen MR) is 132 cm³/mol. The summed E-state index contributed by atoms with van der Waals surface area (Å²) in [5, 5.41) is 17.5. The summed E-state index contributed by atoms with van der Waals surface area (Å²) >= 11 is 0. The summed E-state index contributed by atoms with van der Waals surface area (Å²) in [6, 6.07) is 15.3. The van der Waals surface area contributed by atoms with Gasteiger partial charge >= 0.3 is 0 Å². The molecule has 34 heavy (non-hydrogen) atoms. The monoisotopic (exact) mass is 462 g/mol. The van der Waals surface area contributed by atoms with Gasteiger partial charge in [0.1, 0.15) is 0 Å². The number of amides is 2. The molecule has 1 saturated carbocycles. The third-order valence-electron chi connectivity index (χ3n) is 7.07. The summed E-state index contributed by atoms with van der Waals surface area (Å²) in [4.78, 5) is 26.0. The minimum atomic E-state index is -0.848. The number of nitrogens with zero attached hydrogens (tertiary/aromatic N) is 1. The molecule has 180 valence electrons. The highest BCUT2D eigenvalue weighted by Gasteiger charge is 2.40. The molecule has 0 unspecified atom stereocenters. The van der Waals surface area contributed by atoms with E-state index in [4.69, 9.17) is 5.73 Å². The van der Waals surface area contributed by atoms with Crippen molar-refractivity contribution in [1.82, 2.24) is 15.5 Å². The fourth-order valence-corrected chi connectivity index (χ4v) is 5.00. The van der Waals surface area contributed by atoms with Crippen molar-refractivity contribution < 1.29 is 14.7 Å². The van der Waals surface area contributed by atoms with Crippen LogP contribution in [0.1, 0.15) is 57.5 Å². The number of nitrogens with one attached hydrogen (secondary N) is 2. The molecular formula is C27H34N4O3. The van der Waals surface area contributed by atoms with Gasteiger partial charge in [0.05, 0.1) is 18.2 Å². The number of aryl methyl sites for hydroxylation is 1. The van der Waals surface area contributed by atoms with Crippen LogP contribution in [0.4, 0.5) is 0 Å². The van der Waals surface area contributed by atoms with Crippen LogP contribution < -0.4 is 16.4 Å². The smallest absolute Gasteiger partial charge is 0.251 e. The molecule has 2 fully saturated rings. The van der Waals surface area contributed by atoms with Crippen molar-refractivity contribution in [1.29, 1.82) is 0 Å². The van der Waals surface area contributed by atoms with Crippen molar-refractivity contribution in [2.45, 2.75) is 50.3 Å². The maximum Gasteiger partial charge on any atom is 0.251 e. The average Bonchev–Trinajstić information content (AvgIpc) is 2.80. The van der Waals surface area contributed by atoms with Crippen LogP contribution in [0.15, 0.2) is 60.8 Å². The molecule has 7 heteroatoms. The second-order valence-electron chi connectivity index (χ2n) is 9.66. The van der Waals surface area contributed by atoms with Crippen molar-refractivity contribution in [2.75, 3.05) is 19.6 Å². The van der Waals surface area contributed by atoms with Crippen molar-refractivity contribution in [3.05, 3.63) is 83.1 Å². The number of aliphatic hydroxyl groups is 1. The molecule has 0 radical (unpaired) electrons. The molecule has 2 aliphatic rings. The number of likely N-dealkylation sites (tertiary alicyclic amines) is 1. The number of rotatable bonds is 8. The maximum atomic E-state index is 12.3. The number of primary amides is 1. The third-order valence-corrected chi connectivity index (χ3v) is 7.07. The quantitative estimate of drug-likeness (QED) is 0.482. The van der Waals surface area contributed by atoms with Crippen LogP contribution >= 0.6 is 0 Å². The van der Waals surface area contributed by atoms with Crippen LogP contribution in [0.5, 0.6) is 0 Å². The summed E-state index contributed by atoms with van der Waals surface area (Å²) in [6.45, 7) is 8.29. The fraction of sp³-hybridized carbons (Fsp3) is 0.407. The summed E-state index contributed by atoms with van der Waals surface area (Å²) in [5.41, 5.74) is 8.29. The van der Waals surface area contributed by atoms with Gasteiger partial charge in [0, 0.05) is 36.0 Å². The summed E-state index contributed by atoms with van der Waals surface area (Å²) in [7, 11) is 0. The van der Waals surface area contributed by atoms with Crippen LogP contribution in [0.3, 0.4) is 0 Å². The first-order chi connectivity index (χ1) is 16.2. The zero-order valence-corrected chi connectivity index (χ0v) is 19.7. The number of benzene rings is 2. The SMILES string of the molecule is C=C(CNC(=O)c1cccc(C)c1)NC1CN([C@H]2CC[C@@](O)(c3ccc(C(N)=O)cc3)CC2)C1. The molecule has 1 saturated heterocycles. The maximum absolute atomic E-state index is 12.3. The van der Waals surface area contributed by atoms with E-state index in [-0.39, 0.29) is 5.91 Å². The largest absolute Gasteiger partial charge is 0.385 e. The van der Waals surface area contributed by atoms with Gasteiger partial charge in [-0.15, -0.1) is 0 Å². The van der Waals surface area contributed by atoms with E-state index in [1.165, 1.54) is 0 Å². The molecule has 2 aromatic carbocycles. The molecule has 0 aromatic heterocycles. The Morgan fingerprint density at radius 1 is 1.12 bits per heavy atom. The normalized spacial score (nSPS) is 23.1. The van der Waals surface area contributed by atoms with Gasteiger partial charge in [0.15, 0.2) is 0 Å². The Bertz CT molecular complexity index is 1050. The van der Waals surface area contributed by atoms with Gasteiger partial charge in [-0.05, 0) is 62.4 Å². The standard InChI is InChI=1S/C27H34N4O3/c1-18-4-3-5-21(14-18)26(33)29-15-19(2)30-23-16-31(17-23)24-10-12-27(34,13-11-24)22-8-6-20(7-9-22)25(28)32/h3-9,14,23-24,30,34H,2,10-13,15-17H2,1H3,(H2,28,32)(H,29,33)/t24-,27-. The molecule has 1 heterocycles. The third kappa shape index (κ3) is 5.48. The molecule has 0 bridgehead atoms. The minimum absolute atomic E-state index is 0.0964. The molecule has 5 N–H and O–H groups in total. The van der Waals surface area contributed by atoms with Gasteiger partial charge in [-0.25, -0.2) is 0 Å². The Kier molecular flexibility index (Phi) is 7.05. The lowest BCUT2D eigenvalue weighted by Crippen LogP contribution is -2.62. The second kappa shape index (κ2) is 9.99. The van der Waals surface area contributed by atoms with E-state index in [1.54, 1.807) is 12.1 Å². The molecule has 7 nitrogen and oxygen atoms in total. The second-order valence-corrected chi connectivity index (χ2v) is 9.66. The number of carbonyl (C=O) groups excluding carboxylic acids is 2. The van der Waals surface area contributed by atoms with E-state index < -0.39 is 11.5 Å². The van der Waals surface area contributed by atoms with Crippen LogP contribution in [0.25, 0.3) is 0 Å². The van der Waals surface area contributed by atoms with E-state index in [0.717, 1.165) is 42.8 Å². The lowest BCUT2D eigenvalue weighted by molar-refractivity contribution is -0.0396. The van der Waals surface area contributed by atoms with Gasteiger partial charge in [0.2, 0.25) is 5.91 Å². The summed E-state index contributed by atoms with van der Waals surface area (Å²) in [6.07, 6.45) is 3.24. The lowest BCUT2D eigenvalue weighted by Gasteiger charge is -2.48. The molecule has 2 amide bonds. The number of hydrogen-bond acceptors (Lipinski definition) is 5. The van der Waals surface area contributed by atoms with Gasteiger partial charge in [-0.3, -0.25) is 14.5 Å². The topological polar surface area (TPSA) is 108 Å². The van der Waals surface area contributed by atoms with Crippen molar-refractivity contribution in [2.24, 2.45) is 5.73 Å². The Balaban J connectivity index is 1.18. The highest BCUT2D eigenvalue weighted by molar-refractivity contribution is 5.94. The van der Waals surface area contributed by atoms with Crippen LogP contribution in [0.2, 0.25) is 0 Å². The molecule has 1 aliphatic heterocycles. The Hall–Kier alpha value is -3.16. The van der Waals surface area contributed by atoms with Gasteiger partial charge in [-0.2, -0.15) is 0 Å². The van der Waals surface area contributed by atoms with E-state index >= 15 is 0 Å². The van der Waals surface area contributed by atoms with Crippen LogP contribution in [0, 0.1) is 6.92 Å². The number of hydrogen-bond donors (Lipinski definition) is 4. The molecule has 0 spiro atoms. The van der Waals surface area contributed by atoms with Gasteiger partial charge in [0.25, 0.3) is 5.91 Å². The Morgan fingerprint density at radius 3 is 2.41 bits per heavy atom. The zero-order chi connectivity index (χ0) is 24.3. The molecular weight excluding hydrogens is 428 g/mol. The molecule has 0 atom stereocenters. The first-order valence-electron chi connectivity index (χ1n) is 11.9. The Morgan fingerprint density at radius 2 is 1.79 bits per heavy atom. The van der Waals surface area contributed by atoms with Crippen molar-refractivity contribution >= 4 is 11.8 Å². The number of carbonyl (C=O) groups is 2. The predicted octanol–water partition coefficient (Wildman–Crippen LogP) is 2.44.